The molecule has 0 aromatic rings. The van der Waals surface area contributed by atoms with Crippen molar-refractivity contribution in [2.75, 3.05) is 0 Å². The van der Waals surface area contributed by atoms with Crippen LogP contribution >= 0.6 is 0 Å². The van der Waals surface area contributed by atoms with Crippen LogP contribution < -0.4 is 0 Å². The molecule has 0 amide bonds. The number of hydrogen-bond acceptors (Lipinski definition) is 3. The molecule has 3 rings (SSSR count). The molecule has 5 atom stereocenters. The smallest absolute Gasteiger partial charge is 0.308 e. The lowest BCUT2D eigenvalue weighted by Crippen LogP contribution is -2.42. The van der Waals surface area contributed by atoms with Crippen molar-refractivity contribution in [2.24, 2.45) is 23.2 Å². The van der Waals surface area contributed by atoms with Crippen molar-refractivity contribution in [3.8, 4) is 0 Å². The molecule has 0 bridgehead atoms. The second kappa shape index (κ2) is 7.95. The Balaban J connectivity index is 1.65. The Labute approximate surface area is 170 Å². The summed E-state index contributed by atoms with van der Waals surface area (Å²) in [7, 11) is 0. The maximum Gasteiger partial charge on any atom is 0.308 e. The van der Waals surface area contributed by atoms with E-state index in [1.54, 1.807) is 23.6 Å². The van der Waals surface area contributed by atoms with Crippen molar-refractivity contribution in [3.05, 3.63) is 22.8 Å². The van der Waals surface area contributed by atoms with Crippen molar-refractivity contribution in [1.29, 1.82) is 0 Å². The third-order valence-electron chi connectivity index (χ3n) is 7.81. The Morgan fingerprint density at radius 2 is 2.00 bits per heavy atom. The van der Waals surface area contributed by atoms with Crippen LogP contribution in [0.15, 0.2) is 22.8 Å². The molecule has 0 aromatic carbocycles. The summed E-state index contributed by atoms with van der Waals surface area (Å²) in [6.45, 7) is 13.3. The molecule has 1 N–H and O–H groups in total. The molecule has 3 unspecified atom stereocenters. The molecule has 2 aliphatic carbocycles. The van der Waals surface area contributed by atoms with Crippen LogP contribution in [-0.4, -0.2) is 22.8 Å². The van der Waals surface area contributed by atoms with E-state index in [1.165, 1.54) is 19.3 Å². The fourth-order valence-electron chi connectivity index (χ4n) is 5.81. The highest BCUT2D eigenvalue weighted by Crippen LogP contribution is 2.54. The minimum absolute atomic E-state index is 0.219. The van der Waals surface area contributed by atoms with Crippen molar-refractivity contribution >= 4 is 5.97 Å². The summed E-state index contributed by atoms with van der Waals surface area (Å²) in [4.78, 5) is 22.5. The Morgan fingerprint density at radius 3 is 2.61 bits per heavy atom. The van der Waals surface area contributed by atoms with Gasteiger partial charge >= 0.3 is 5.97 Å². The van der Waals surface area contributed by atoms with Crippen molar-refractivity contribution in [1.82, 2.24) is 0 Å². The second-order valence-electron chi connectivity index (χ2n) is 10.3. The summed E-state index contributed by atoms with van der Waals surface area (Å²) in [5.74, 6) is 0.0578. The van der Waals surface area contributed by atoms with E-state index in [9.17, 15) is 9.90 Å². The number of rotatable bonds is 5. The molecule has 0 radical (unpaired) electrons. The molecule has 0 spiro atoms. The molecule has 1 aliphatic heterocycles. The summed E-state index contributed by atoms with van der Waals surface area (Å²) in [6, 6.07) is 0. The van der Waals surface area contributed by atoms with E-state index in [0.29, 0.717) is 5.92 Å². The molecule has 4 heteroatoms. The minimum Gasteiger partial charge on any atom is -0.481 e. The lowest BCUT2D eigenvalue weighted by Gasteiger charge is -2.48. The van der Waals surface area contributed by atoms with Crippen LogP contribution in [0, 0.1) is 23.2 Å². The lowest BCUT2D eigenvalue weighted by molar-refractivity contribution is -0.411. The number of aliphatic carboxylic acids is 1. The number of carboxylic acid groups (broad SMARTS) is 1. The fourth-order valence-corrected chi connectivity index (χ4v) is 5.81. The van der Waals surface area contributed by atoms with Gasteiger partial charge in [0.25, 0.3) is 0 Å². The third kappa shape index (κ3) is 4.23. The van der Waals surface area contributed by atoms with Crippen molar-refractivity contribution in [2.45, 2.75) is 98.2 Å². The first kappa shape index (κ1) is 21.6. The summed E-state index contributed by atoms with van der Waals surface area (Å²) in [5, 5.41) is 9.19. The van der Waals surface area contributed by atoms with Crippen LogP contribution in [0.1, 0.15) is 86.5 Å². The molecule has 3 aliphatic rings. The topological polar surface area (TPSA) is 55.8 Å². The van der Waals surface area contributed by atoms with Gasteiger partial charge in [-0.05, 0) is 89.9 Å². The second-order valence-corrected chi connectivity index (χ2v) is 10.3. The maximum absolute atomic E-state index is 11.2. The van der Waals surface area contributed by atoms with Crippen LogP contribution in [0.5, 0.6) is 0 Å². The molecule has 158 valence electrons. The van der Waals surface area contributed by atoms with Gasteiger partial charge in [-0.1, -0.05) is 36.6 Å². The zero-order valence-corrected chi connectivity index (χ0v) is 18.5. The first-order chi connectivity index (χ1) is 13.0. The van der Waals surface area contributed by atoms with Crippen LogP contribution in [-0.2, 0) is 14.6 Å². The molecule has 1 fully saturated rings. The van der Waals surface area contributed by atoms with E-state index in [1.807, 2.05) is 0 Å². The first-order valence-electron chi connectivity index (χ1n) is 11.0. The van der Waals surface area contributed by atoms with Gasteiger partial charge in [0.2, 0.25) is 0 Å². The van der Waals surface area contributed by atoms with E-state index in [2.05, 4.69) is 40.7 Å². The van der Waals surface area contributed by atoms with E-state index >= 15 is 0 Å². The SMILES string of the molecule is CC1=CC2CC(C)=C(CC[C@]3(C)CC[C@H](C(C)C(=O)O)OO3)C(C)(C)C2CC1. The quantitative estimate of drug-likeness (QED) is 0.457. The fraction of sp³-hybridized carbons (Fsp3) is 0.792. The van der Waals surface area contributed by atoms with Gasteiger partial charge < -0.3 is 5.11 Å². The van der Waals surface area contributed by atoms with Crippen LogP contribution in [0.3, 0.4) is 0 Å². The number of allylic oxidation sites excluding steroid dienone is 4. The van der Waals surface area contributed by atoms with Crippen LogP contribution in [0.2, 0.25) is 0 Å². The average Bonchev–Trinajstić information content (AvgIpc) is 2.60. The number of fused-ring (bicyclic) bond motifs is 1. The molecule has 1 heterocycles. The molecule has 0 aromatic heterocycles. The monoisotopic (exact) mass is 390 g/mol. The van der Waals surface area contributed by atoms with Gasteiger partial charge in [0.05, 0.1) is 5.92 Å². The minimum atomic E-state index is -0.826. The third-order valence-corrected chi connectivity index (χ3v) is 7.81. The predicted octanol–water partition coefficient (Wildman–Crippen LogP) is 6.08. The number of carboxylic acids is 1. The van der Waals surface area contributed by atoms with Gasteiger partial charge in [0.15, 0.2) is 0 Å². The Kier molecular flexibility index (Phi) is 6.12. The summed E-state index contributed by atoms with van der Waals surface area (Å²) < 4.78 is 0. The van der Waals surface area contributed by atoms with Gasteiger partial charge in [-0.3, -0.25) is 4.79 Å². The number of carbonyl (C=O) groups is 1. The van der Waals surface area contributed by atoms with Gasteiger partial charge in [0, 0.05) is 0 Å². The average molecular weight is 391 g/mol. The molecular formula is C24H38O4. The highest BCUT2D eigenvalue weighted by atomic mass is 17.2. The molecule has 0 saturated carbocycles. The van der Waals surface area contributed by atoms with E-state index < -0.39 is 11.9 Å². The maximum atomic E-state index is 11.2. The van der Waals surface area contributed by atoms with E-state index in [4.69, 9.17) is 9.78 Å². The van der Waals surface area contributed by atoms with Gasteiger partial charge in [-0.15, -0.1) is 0 Å². The molecule has 1 saturated heterocycles. The van der Waals surface area contributed by atoms with Crippen molar-refractivity contribution < 1.29 is 19.7 Å². The standard InChI is InChI=1S/C24H38O4/c1-15-7-8-20-18(13-15)14-16(2)19(23(20,4)5)9-11-24(6)12-10-21(27-28-24)17(3)22(25)26/h13,17-18,20-21H,7-12,14H2,1-6H3,(H,25,26)/t17?,18?,20?,21-,24-/m1/s1. The zero-order valence-electron chi connectivity index (χ0n) is 18.5. The summed E-state index contributed by atoms with van der Waals surface area (Å²) in [5.41, 5.74) is 4.59. The van der Waals surface area contributed by atoms with Crippen LogP contribution in [0.25, 0.3) is 0 Å². The highest BCUT2D eigenvalue weighted by molar-refractivity contribution is 5.70. The molecule has 4 nitrogen and oxygen atoms in total. The van der Waals surface area contributed by atoms with Gasteiger partial charge in [-0.25, -0.2) is 9.78 Å². The molecule has 28 heavy (non-hydrogen) atoms. The Morgan fingerprint density at radius 1 is 1.29 bits per heavy atom. The van der Waals surface area contributed by atoms with Gasteiger partial charge in [-0.2, -0.15) is 0 Å². The zero-order chi connectivity index (χ0) is 20.7. The lowest BCUT2D eigenvalue weighted by atomic mass is 9.57. The van der Waals surface area contributed by atoms with E-state index in [-0.39, 0.29) is 17.1 Å². The summed E-state index contributed by atoms with van der Waals surface area (Å²) >= 11 is 0. The van der Waals surface area contributed by atoms with Gasteiger partial charge in [0.1, 0.15) is 11.7 Å². The predicted molar refractivity (Wildman–Crippen MR) is 111 cm³/mol. The summed E-state index contributed by atoms with van der Waals surface area (Å²) in [6.07, 6.45) is 9.42. The normalized spacial score (nSPS) is 36.5. The number of hydrogen-bond donors (Lipinski definition) is 1. The highest BCUT2D eigenvalue weighted by Gasteiger charge is 2.44. The Hall–Kier alpha value is -1.13. The first-order valence-corrected chi connectivity index (χ1v) is 11.0. The molecular weight excluding hydrogens is 352 g/mol. The van der Waals surface area contributed by atoms with E-state index in [0.717, 1.165) is 31.6 Å². The van der Waals surface area contributed by atoms with Crippen LogP contribution in [0.4, 0.5) is 0 Å². The Bertz CT molecular complexity index is 664. The van der Waals surface area contributed by atoms with Crippen molar-refractivity contribution in [3.63, 3.8) is 0 Å². The largest absolute Gasteiger partial charge is 0.481 e.